The number of benzene rings is 2. The molecule has 24 heavy (non-hydrogen) atoms. The summed E-state index contributed by atoms with van der Waals surface area (Å²) in [4.78, 5) is 11.7. The van der Waals surface area contributed by atoms with Crippen LogP contribution in [0.3, 0.4) is 0 Å². The zero-order valence-electron chi connectivity index (χ0n) is 12.7. The van der Waals surface area contributed by atoms with Crippen molar-refractivity contribution in [3.63, 3.8) is 0 Å². The highest BCUT2D eigenvalue weighted by molar-refractivity contribution is 6.32. The molecule has 0 saturated heterocycles. The zero-order chi connectivity index (χ0) is 17.5. The van der Waals surface area contributed by atoms with Gasteiger partial charge in [-0.2, -0.15) is 5.10 Å². The van der Waals surface area contributed by atoms with Crippen molar-refractivity contribution in [3.05, 3.63) is 47.0 Å². The molecular formula is C16H15ClN2O5. The third-order valence-electron chi connectivity index (χ3n) is 2.90. The Balaban J connectivity index is 1.91. The highest BCUT2D eigenvalue weighted by Crippen LogP contribution is 2.35. The average Bonchev–Trinajstić information content (AvgIpc) is 2.57. The molecule has 8 heteroatoms. The van der Waals surface area contributed by atoms with Gasteiger partial charge in [0.25, 0.3) is 5.91 Å². The number of halogens is 1. The molecule has 3 N–H and O–H groups in total. The van der Waals surface area contributed by atoms with Crippen molar-refractivity contribution in [1.29, 1.82) is 0 Å². The SMILES string of the molecule is COc1cc(/C=N/NC(=O)COc2ccccc2Cl)cc(O)c1O. The number of rotatable bonds is 6. The first kappa shape index (κ1) is 17.4. The van der Waals surface area contributed by atoms with Gasteiger partial charge in [-0.15, -0.1) is 0 Å². The smallest absolute Gasteiger partial charge is 0.277 e. The molecule has 0 aliphatic heterocycles. The van der Waals surface area contributed by atoms with E-state index in [1.54, 1.807) is 24.3 Å². The van der Waals surface area contributed by atoms with Gasteiger partial charge in [-0.3, -0.25) is 4.79 Å². The van der Waals surface area contributed by atoms with Gasteiger partial charge >= 0.3 is 0 Å². The normalized spacial score (nSPS) is 10.6. The Kier molecular flexibility index (Phi) is 5.86. The number of aromatic hydroxyl groups is 2. The predicted octanol–water partition coefficient (Wildman–Crippen LogP) is 2.29. The predicted molar refractivity (Wildman–Crippen MR) is 89.0 cm³/mol. The topological polar surface area (TPSA) is 100 Å². The molecule has 0 radical (unpaired) electrons. The maximum absolute atomic E-state index is 11.7. The van der Waals surface area contributed by atoms with Gasteiger partial charge in [0, 0.05) is 5.56 Å². The fourth-order valence-corrected chi connectivity index (χ4v) is 1.95. The van der Waals surface area contributed by atoms with Gasteiger partial charge in [-0.25, -0.2) is 5.43 Å². The lowest BCUT2D eigenvalue weighted by atomic mass is 10.2. The summed E-state index contributed by atoms with van der Waals surface area (Å²) in [5, 5.41) is 23.2. The summed E-state index contributed by atoms with van der Waals surface area (Å²) < 4.78 is 10.2. The Morgan fingerprint density at radius 2 is 2.04 bits per heavy atom. The highest BCUT2D eigenvalue weighted by Gasteiger charge is 2.09. The Hall–Kier alpha value is -2.93. The largest absolute Gasteiger partial charge is 0.504 e. The number of hydrazone groups is 1. The number of amides is 1. The van der Waals surface area contributed by atoms with Gasteiger partial charge in [0.2, 0.25) is 5.75 Å². The van der Waals surface area contributed by atoms with E-state index in [1.807, 2.05) is 0 Å². The number of hydrogen-bond acceptors (Lipinski definition) is 6. The molecule has 0 aromatic heterocycles. The molecule has 2 aromatic carbocycles. The van der Waals surface area contributed by atoms with Crippen LogP contribution in [0.25, 0.3) is 0 Å². The molecule has 0 atom stereocenters. The van der Waals surface area contributed by atoms with Crippen molar-refractivity contribution in [3.8, 4) is 23.0 Å². The van der Waals surface area contributed by atoms with E-state index in [2.05, 4.69) is 10.5 Å². The van der Waals surface area contributed by atoms with Crippen LogP contribution in [0.4, 0.5) is 0 Å². The number of methoxy groups -OCH3 is 1. The monoisotopic (exact) mass is 350 g/mol. The summed E-state index contributed by atoms with van der Waals surface area (Å²) in [6, 6.07) is 9.50. The molecule has 0 unspecified atom stereocenters. The Morgan fingerprint density at radius 3 is 2.75 bits per heavy atom. The van der Waals surface area contributed by atoms with Crippen molar-refractivity contribution in [2.24, 2.45) is 5.10 Å². The minimum Gasteiger partial charge on any atom is -0.504 e. The number of para-hydroxylation sites is 1. The van der Waals surface area contributed by atoms with E-state index in [1.165, 1.54) is 25.5 Å². The van der Waals surface area contributed by atoms with E-state index < -0.39 is 5.91 Å². The van der Waals surface area contributed by atoms with Crippen LogP contribution in [0.5, 0.6) is 23.0 Å². The van der Waals surface area contributed by atoms with Crippen LogP contribution in [0, 0.1) is 0 Å². The Bertz CT molecular complexity index is 764. The third kappa shape index (κ3) is 4.53. The standard InChI is InChI=1S/C16H15ClN2O5/c1-23-14-7-10(6-12(20)16(14)22)8-18-19-15(21)9-24-13-5-3-2-4-11(13)17/h2-8,20,22H,9H2,1H3,(H,19,21)/b18-8+. The van der Waals surface area contributed by atoms with Gasteiger partial charge in [0.05, 0.1) is 18.3 Å². The summed E-state index contributed by atoms with van der Waals surface area (Å²) in [7, 11) is 1.35. The average molecular weight is 351 g/mol. The number of ether oxygens (including phenoxy) is 2. The molecule has 0 heterocycles. The van der Waals surface area contributed by atoms with Crippen LogP contribution in [-0.4, -0.2) is 36.1 Å². The lowest BCUT2D eigenvalue weighted by Crippen LogP contribution is -2.24. The number of phenolic OH excluding ortho intramolecular Hbond substituents is 2. The molecule has 0 aliphatic carbocycles. The van der Waals surface area contributed by atoms with Crippen molar-refractivity contribution >= 4 is 23.7 Å². The quantitative estimate of drug-likeness (QED) is 0.421. The van der Waals surface area contributed by atoms with Gasteiger partial charge < -0.3 is 19.7 Å². The molecule has 2 aromatic rings. The summed E-state index contributed by atoms with van der Waals surface area (Å²) in [5.41, 5.74) is 2.70. The number of carbonyl (C=O) groups excluding carboxylic acids is 1. The van der Waals surface area contributed by atoms with Crippen LogP contribution in [0.15, 0.2) is 41.5 Å². The summed E-state index contributed by atoms with van der Waals surface area (Å²) in [6.07, 6.45) is 1.29. The fraction of sp³-hybridized carbons (Fsp3) is 0.125. The number of nitrogens with one attached hydrogen (secondary N) is 1. The highest BCUT2D eigenvalue weighted by atomic mass is 35.5. The summed E-state index contributed by atoms with van der Waals surface area (Å²) in [5.74, 6) is -0.728. The molecule has 7 nitrogen and oxygen atoms in total. The molecular weight excluding hydrogens is 336 g/mol. The maximum Gasteiger partial charge on any atom is 0.277 e. The van der Waals surface area contributed by atoms with Crippen LogP contribution in [0.1, 0.15) is 5.56 Å². The zero-order valence-corrected chi connectivity index (χ0v) is 13.4. The molecule has 2 rings (SSSR count). The second kappa shape index (κ2) is 8.07. The van der Waals surface area contributed by atoms with E-state index in [0.717, 1.165) is 0 Å². The van der Waals surface area contributed by atoms with Crippen molar-refractivity contribution in [2.45, 2.75) is 0 Å². The minimum absolute atomic E-state index is 0.0878. The van der Waals surface area contributed by atoms with Gasteiger partial charge in [0.15, 0.2) is 18.1 Å². The molecule has 0 saturated carbocycles. The Labute approximate surface area is 143 Å². The molecule has 0 spiro atoms. The fourth-order valence-electron chi connectivity index (χ4n) is 1.76. The minimum atomic E-state index is -0.485. The third-order valence-corrected chi connectivity index (χ3v) is 3.21. The van der Waals surface area contributed by atoms with Crippen molar-refractivity contribution < 1.29 is 24.5 Å². The first-order valence-corrected chi connectivity index (χ1v) is 7.18. The second-order valence-electron chi connectivity index (χ2n) is 4.60. The van der Waals surface area contributed by atoms with Crippen LogP contribution in [0.2, 0.25) is 5.02 Å². The number of nitrogens with zero attached hydrogens (tertiary/aromatic N) is 1. The lowest BCUT2D eigenvalue weighted by Gasteiger charge is -2.07. The Morgan fingerprint density at radius 1 is 1.29 bits per heavy atom. The van der Waals surface area contributed by atoms with E-state index in [0.29, 0.717) is 16.3 Å². The van der Waals surface area contributed by atoms with Gasteiger partial charge in [0.1, 0.15) is 5.75 Å². The van der Waals surface area contributed by atoms with Crippen LogP contribution >= 0.6 is 11.6 Å². The number of hydrogen-bond donors (Lipinski definition) is 3. The van der Waals surface area contributed by atoms with E-state index in [-0.39, 0.29) is 23.9 Å². The van der Waals surface area contributed by atoms with Crippen molar-refractivity contribution in [1.82, 2.24) is 5.43 Å². The summed E-state index contributed by atoms with van der Waals surface area (Å²) in [6.45, 7) is -0.259. The molecule has 0 bridgehead atoms. The van der Waals surface area contributed by atoms with E-state index in [4.69, 9.17) is 21.1 Å². The number of phenols is 2. The van der Waals surface area contributed by atoms with Crippen molar-refractivity contribution in [2.75, 3.05) is 13.7 Å². The first-order valence-electron chi connectivity index (χ1n) is 6.80. The molecule has 0 aliphatic rings. The molecule has 126 valence electrons. The first-order chi connectivity index (χ1) is 11.5. The molecule has 1 amide bonds. The van der Waals surface area contributed by atoms with Gasteiger partial charge in [-0.05, 0) is 24.3 Å². The number of carbonyl (C=O) groups is 1. The lowest BCUT2D eigenvalue weighted by molar-refractivity contribution is -0.123. The van der Waals surface area contributed by atoms with Crippen LogP contribution in [-0.2, 0) is 4.79 Å². The molecule has 0 fully saturated rings. The van der Waals surface area contributed by atoms with E-state index >= 15 is 0 Å². The maximum atomic E-state index is 11.7. The summed E-state index contributed by atoms with van der Waals surface area (Å²) >= 11 is 5.91. The van der Waals surface area contributed by atoms with Gasteiger partial charge in [-0.1, -0.05) is 23.7 Å². The van der Waals surface area contributed by atoms with E-state index in [9.17, 15) is 15.0 Å². The second-order valence-corrected chi connectivity index (χ2v) is 5.01. The van der Waals surface area contributed by atoms with Crippen LogP contribution < -0.4 is 14.9 Å².